The maximum atomic E-state index is 5.98. The number of nitrogens with zero attached hydrogens (tertiary/aromatic N) is 2. The minimum Gasteiger partial charge on any atom is -0.328 e. The zero-order chi connectivity index (χ0) is 13.4. The van der Waals surface area contributed by atoms with Gasteiger partial charge in [0.2, 0.25) is 0 Å². The molecule has 0 fully saturated rings. The van der Waals surface area contributed by atoms with E-state index in [-0.39, 0.29) is 6.04 Å². The highest BCUT2D eigenvalue weighted by atomic mass is 32.1. The van der Waals surface area contributed by atoms with Gasteiger partial charge in [-0.15, -0.1) is 11.3 Å². The first-order valence-corrected chi connectivity index (χ1v) is 7.30. The average Bonchev–Trinajstić information content (AvgIpc) is 2.93. The monoisotopic (exact) mass is 271 g/mol. The summed E-state index contributed by atoms with van der Waals surface area (Å²) in [5.74, 6) is 0. The molecule has 0 amide bonds. The zero-order valence-corrected chi connectivity index (χ0v) is 11.9. The Bertz CT molecular complexity index is 692. The molecule has 98 valence electrons. The van der Waals surface area contributed by atoms with Crippen molar-refractivity contribution in [3.63, 3.8) is 0 Å². The van der Waals surface area contributed by atoms with Crippen molar-refractivity contribution in [2.24, 2.45) is 5.73 Å². The fraction of sp³-hybridized carbons (Fsp3) is 0.267. The topological polar surface area (TPSA) is 43.3 Å². The number of thiazole rings is 1. The first-order valence-electron chi connectivity index (χ1n) is 6.42. The van der Waals surface area contributed by atoms with Crippen molar-refractivity contribution < 1.29 is 0 Å². The van der Waals surface area contributed by atoms with E-state index in [0.29, 0.717) is 0 Å². The number of fused-ring (bicyclic) bond motifs is 1. The Kier molecular flexibility index (Phi) is 3.12. The molecule has 0 bridgehead atoms. The lowest BCUT2D eigenvalue weighted by Crippen LogP contribution is -2.19. The number of aryl methyl sites for hydroxylation is 1. The van der Waals surface area contributed by atoms with Crippen LogP contribution in [0.3, 0.4) is 0 Å². The van der Waals surface area contributed by atoms with Gasteiger partial charge in [-0.05, 0) is 13.8 Å². The lowest BCUT2D eigenvalue weighted by molar-refractivity contribution is 0.719. The number of aromatic nitrogens is 2. The second-order valence-corrected chi connectivity index (χ2v) is 5.88. The molecule has 2 heterocycles. The predicted octanol–water partition coefficient (Wildman–Crippen LogP) is 3.26. The summed E-state index contributed by atoms with van der Waals surface area (Å²) >= 11 is 1.66. The van der Waals surface area contributed by atoms with Crippen LogP contribution in [0.25, 0.3) is 16.2 Å². The second-order valence-electron chi connectivity index (χ2n) is 5.01. The number of hydrogen-bond donors (Lipinski definition) is 1. The Morgan fingerprint density at radius 2 is 2.05 bits per heavy atom. The minimum atomic E-state index is 0.129. The quantitative estimate of drug-likeness (QED) is 0.794. The molecule has 0 saturated heterocycles. The SMILES string of the molecule is Cc1ccc(-c2nc3sccn3c2CC(C)N)cc1. The van der Waals surface area contributed by atoms with Crippen LogP contribution < -0.4 is 5.73 Å². The maximum absolute atomic E-state index is 5.98. The van der Waals surface area contributed by atoms with Crippen LogP contribution in [0.4, 0.5) is 0 Å². The molecule has 2 aromatic heterocycles. The summed E-state index contributed by atoms with van der Waals surface area (Å²) in [6, 6.07) is 8.64. The van der Waals surface area contributed by atoms with E-state index in [1.54, 1.807) is 11.3 Å². The van der Waals surface area contributed by atoms with Gasteiger partial charge in [0.1, 0.15) is 0 Å². The molecular formula is C15H17N3S. The molecule has 0 aliphatic heterocycles. The van der Waals surface area contributed by atoms with Crippen molar-refractivity contribution in [2.75, 3.05) is 0 Å². The third kappa shape index (κ3) is 2.29. The van der Waals surface area contributed by atoms with E-state index >= 15 is 0 Å². The van der Waals surface area contributed by atoms with Gasteiger partial charge in [-0.25, -0.2) is 4.98 Å². The van der Waals surface area contributed by atoms with Crippen LogP contribution in [0.2, 0.25) is 0 Å². The van der Waals surface area contributed by atoms with Crippen LogP contribution in [0.15, 0.2) is 35.8 Å². The predicted molar refractivity (Wildman–Crippen MR) is 80.6 cm³/mol. The van der Waals surface area contributed by atoms with Gasteiger partial charge in [-0.3, -0.25) is 4.40 Å². The average molecular weight is 271 g/mol. The highest BCUT2D eigenvalue weighted by Gasteiger charge is 2.15. The summed E-state index contributed by atoms with van der Waals surface area (Å²) in [7, 11) is 0. The van der Waals surface area contributed by atoms with Crippen molar-refractivity contribution >= 4 is 16.3 Å². The standard InChI is InChI=1S/C15H17N3S/c1-10-3-5-12(6-4-10)14-13(9-11(2)16)18-7-8-19-15(18)17-14/h3-8,11H,9,16H2,1-2H3. The van der Waals surface area contributed by atoms with E-state index in [1.165, 1.54) is 11.3 Å². The summed E-state index contributed by atoms with van der Waals surface area (Å²) in [6.45, 7) is 4.13. The van der Waals surface area contributed by atoms with E-state index in [9.17, 15) is 0 Å². The summed E-state index contributed by atoms with van der Waals surface area (Å²) in [5, 5.41) is 2.06. The summed E-state index contributed by atoms with van der Waals surface area (Å²) in [6.07, 6.45) is 2.91. The van der Waals surface area contributed by atoms with Crippen molar-refractivity contribution in [1.29, 1.82) is 0 Å². The second kappa shape index (κ2) is 4.79. The van der Waals surface area contributed by atoms with Gasteiger partial charge in [0.25, 0.3) is 0 Å². The molecule has 1 aromatic carbocycles. The van der Waals surface area contributed by atoms with Crippen LogP contribution in [-0.2, 0) is 6.42 Å². The highest BCUT2D eigenvalue weighted by Crippen LogP contribution is 2.27. The minimum absolute atomic E-state index is 0.129. The normalized spacial score (nSPS) is 13.0. The van der Waals surface area contributed by atoms with Gasteiger partial charge in [0, 0.05) is 29.6 Å². The van der Waals surface area contributed by atoms with Crippen LogP contribution in [-0.4, -0.2) is 15.4 Å². The van der Waals surface area contributed by atoms with Gasteiger partial charge >= 0.3 is 0 Å². The number of imidazole rings is 1. The van der Waals surface area contributed by atoms with E-state index in [1.807, 2.05) is 6.92 Å². The van der Waals surface area contributed by atoms with Gasteiger partial charge < -0.3 is 5.73 Å². The number of rotatable bonds is 3. The van der Waals surface area contributed by atoms with Gasteiger partial charge in [-0.1, -0.05) is 29.8 Å². The fourth-order valence-corrected chi connectivity index (χ4v) is 3.01. The van der Waals surface area contributed by atoms with Crippen LogP contribution in [0.1, 0.15) is 18.2 Å². The van der Waals surface area contributed by atoms with Crippen molar-refractivity contribution in [2.45, 2.75) is 26.3 Å². The Hall–Kier alpha value is -1.65. The van der Waals surface area contributed by atoms with Gasteiger partial charge in [0.15, 0.2) is 4.96 Å². The molecule has 3 rings (SSSR count). The molecule has 1 unspecified atom stereocenters. The number of nitrogens with two attached hydrogens (primary N) is 1. The van der Waals surface area contributed by atoms with E-state index in [4.69, 9.17) is 10.7 Å². The van der Waals surface area contributed by atoms with E-state index < -0.39 is 0 Å². The van der Waals surface area contributed by atoms with Gasteiger partial charge in [0.05, 0.1) is 11.4 Å². The lowest BCUT2D eigenvalue weighted by Gasteiger charge is -2.07. The molecule has 2 N–H and O–H groups in total. The molecule has 0 aliphatic rings. The van der Waals surface area contributed by atoms with Gasteiger partial charge in [-0.2, -0.15) is 0 Å². The van der Waals surface area contributed by atoms with Crippen LogP contribution in [0, 0.1) is 6.92 Å². The summed E-state index contributed by atoms with van der Waals surface area (Å²) < 4.78 is 2.16. The molecule has 3 nitrogen and oxygen atoms in total. The summed E-state index contributed by atoms with van der Waals surface area (Å²) in [4.78, 5) is 5.79. The Morgan fingerprint density at radius 1 is 1.32 bits per heavy atom. The molecule has 4 heteroatoms. The third-order valence-corrected chi connectivity index (χ3v) is 3.96. The smallest absolute Gasteiger partial charge is 0.194 e. The Labute approximate surface area is 116 Å². The van der Waals surface area contributed by atoms with E-state index in [0.717, 1.165) is 22.6 Å². The Balaban J connectivity index is 2.16. The maximum Gasteiger partial charge on any atom is 0.194 e. The Morgan fingerprint density at radius 3 is 2.74 bits per heavy atom. The number of benzene rings is 1. The van der Waals surface area contributed by atoms with Crippen molar-refractivity contribution in [3.8, 4) is 11.3 Å². The van der Waals surface area contributed by atoms with E-state index in [2.05, 4.69) is 47.2 Å². The fourth-order valence-electron chi connectivity index (χ4n) is 2.28. The largest absolute Gasteiger partial charge is 0.328 e. The number of hydrogen-bond acceptors (Lipinski definition) is 3. The van der Waals surface area contributed by atoms with Crippen LogP contribution in [0.5, 0.6) is 0 Å². The molecular weight excluding hydrogens is 254 g/mol. The van der Waals surface area contributed by atoms with Crippen molar-refractivity contribution in [1.82, 2.24) is 9.38 Å². The third-order valence-electron chi connectivity index (χ3n) is 3.20. The lowest BCUT2D eigenvalue weighted by atomic mass is 10.0. The highest BCUT2D eigenvalue weighted by molar-refractivity contribution is 7.15. The van der Waals surface area contributed by atoms with Crippen molar-refractivity contribution in [3.05, 3.63) is 47.1 Å². The molecule has 3 aromatic rings. The molecule has 1 atom stereocenters. The zero-order valence-electron chi connectivity index (χ0n) is 11.1. The molecule has 0 aliphatic carbocycles. The molecule has 0 radical (unpaired) electrons. The van der Waals surface area contributed by atoms with Crippen LogP contribution >= 0.6 is 11.3 Å². The molecule has 0 spiro atoms. The summed E-state index contributed by atoms with van der Waals surface area (Å²) in [5.41, 5.74) is 10.7. The molecule has 0 saturated carbocycles. The molecule has 19 heavy (non-hydrogen) atoms. The first kappa shape index (κ1) is 12.4. The first-order chi connectivity index (χ1) is 9.15.